The van der Waals surface area contributed by atoms with E-state index in [1.807, 2.05) is 45.9 Å². The number of aromatic amines is 2. The van der Waals surface area contributed by atoms with Crippen molar-refractivity contribution >= 4 is 10.9 Å². The highest BCUT2D eigenvalue weighted by Gasteiger charge is 2.36. The van der Waals surface area contributed by atoms with Crippen molar-refractivity contribution < 1.29 is 5.11 Å². The zero-order valence-corrected chi connectivity index (χ0v) is 16.7. The smallest absolute Gasteiger partial charge is 0.331 e. The molecule has 0 saturated heterocycles. The predicted molar refractivity (Wildman–Crippen MR) is 109 cm³/mol. The number of nitrogens with one attached hydrogen (secondary N) is 2. The van der Waals surface area contributed by atoms with Gasteiger partial charge in [0.25, 0.3) is 5.56 Å². The number of benzene rings is 1. The summed E-state index contributed by atoms with van der Waals surface area (Å²) in [4.78, 5) is 33.3. The van der Waals surface area contributed by atoms with Crippen LogP contribution in [0, 0.1) is 0 Å². The Morgan fingerprint density at radius 3 is 2.57 bits per heavy atom. The van der Waals surface area contributed by atoms with E-state index in [2.05, 4.69) is 20.9 Å². The summed E-state index contributed by atoms with van der Waals surface area (Å²) < 4.78 is 1.26. The number of likely N-dealkylation sites (N-methyl/N-ethyl adjacent to an activating group) is 1. The fraction of sp³-hybridized carbons (Fsp3) is 0.429. The molecule has 4 rings (SSSR count). The summed E-state index contributed by atoms with van der Waals surface area (Å²) in [6.07, 6.45) is 0.862. The monoisotopic (exact) mass is 382 g/mol. The molecule has 3 N–H and O–H groups in total. The van der Waals surface area contributed by atoms with E-state index in [1.165, 1.54) is 4.57 Å². The SMILES string of the molecule is CCN1CCc2c([nH]c3ccccc23)[C@@H]1c1c(O)n(C(C)(C)C)c(=O)[nH]c1=O. The van der Waals surface area contributed by atoms with E-state index in [4.69, 9.17) is 0 Å². The highest BCUT2D eigenvalue weighted by molar-refractivity contribution is 5.85. The Morgan fingerprint density at radius 2 is 1.89 bits per heavy atom. The summed E-state index contributed by atoms with van der Waals surface area (Å²) in [6, 6.07) is 7.62. The van der Waals surface area contributed by atoms with Crippen LogP contribution in [-0.4, -0.2) is 37.6 Å². The average Bonchev–Trinajstić information content (AvgIpc) is 2.99. The number of aromatic hydroxyl groups is 1. The number of para-hydroxylation sites is 1. The molecule has 1 atom stereocenters. The van der Waals surface area contributed by atoms with E-state index in [0.29, 0.717) is 6.54 Å². The van der Waals surface area contributed by atoms with Crippen LogP contribution in [-0.2, 0) is 12.0 Å². The number of aromatic nitrogens is 3. The van der Waals surface area contributed by atoms with Gasteiger partial charge in [0.2, 0.25) is 5.88 Å². The molecule has 0 fully saturated rings. The maximum atomic E-state index is 12.9. The third-order valence-corrected chi connectivity index (χ3v) is 5.61. The summed E-state index contributed by atoms with van der Waals surface area (Å²) >= 11 is 0. The van der Waals surface area contributed by atoms with E-state index in [0.717, 1.165) is 35.1 Å². The second-order valence-electron chi connectivity index (χ2n) is 8.35. The lowest BCUT2D eigenvalue weighted by Gasteiger charge is -2.36. The van der Waals surface area contributed by atoms with Gasteiger partial charge in [0.05, 0.1) is 6.04 Å². The predicted octanol–water partition coefficient (Wildman–Crippen LogP) is 2.45. The van der Waals surface area contributed by atoms with E-state index in [1.54, 1.807) is 0 Å². The average molecular weight is 382 g/mol. The third kappa shape index (κ3) is 2.69. The topological polar surface area (TPSA) is 94.1 Å². The maximum Gasteiger partial charge on any atom is 0.331 e. The van der Waals surface area contributed by atoms with Crippen molar-refractivity contribution in [1.82, 2.24) is 19.4 Å². The standard InChI is InChI=1S/C21H26N4O3/c1-5-24-11-10-13-12-8-6-7-9-14(12)22-16(13)17(24)15-18(26)23-20(28)25(19(15)27)21(2,3)4/h6-9,17,22,27H,5,10-11H2,1-4H3,(H,23,26,28)/t17-/m0/s1. The molecular formula is C21H26N4O3. The van der Waals surface area contributed by atoms with Crippen molar-refractivity contribution in [1.29, 1.82) is 0 Å². The normalized spacial score (nSPS) is 17.8. The molecule has 0 amide bonds. The van der Waals surface area contributed by atoms with Gasteiger partial charge in [0.1, 0.15) is 5.56 Å². The molecule has 1 aromatic carbocycles. The van der Waals surface area contributed by atoms with Gasteiger partial charge in [0.15, 0.2) is 0 Å². The largest absolute Gasteiger partial charge is 0.494 e. The maximum absolute atomic E-state index is 12.9. The second-order valence-corrected chi connectivity index (χ2v) is 8.35. The minimum Gasteiger partial charge on any atom is -0.494 e. The van der Waals surface area contributed by atoms with Gasteiger partial charge in [-0.2, -0.15) is 0 Å². The first-order valence-corrected chi connectivity index (χ1v) is 9.66. The van der Waals surface area contributed by atoms with E-state index in [-0.39, 0.29) is 11.4 Å². The van der Waals surface area contributed by atoms with Crippen molar-refractivity contribution in [3.05, 3.63) is 61.9 Å². The molecule has 7 heteroatoms. The molecule has 28 heavy (non-hydrogen) atoms. The van der Waals surface area contributed by atoms with Gasteiger partial charge >= 0.3 is 5.69 Å². The molecule has 0 saturated carbocycles. The van der Waals surface area contributed by atoms with Crippen LogP contribution in [0.15, 0.2) is 33.9 Å². The third-order valence-electron chi connectivity index (χ3n) is 5.61. The van der Waals surface area contributed by atoms with E-state index < -0.39 is 22.8 Å². The Bertz CT molecular complexity index is 1160. The molecule has 0 unspecified atom stereocenters. The number of hydrogen-bond acceptors (Lipinski definition) is 4. The molecular weight excluding hydrogens is 356 g/mol. The lowest BCUT2D eigenvalue weighted by molar-refractivity contribution is 0.210. The molecule has 0 spiro atoms. The first-order valence-electron chi connectivity index (χ1n) is 9.66. The molecule has 148 valence electrons. The van der Waals surface area contributed by atoms with Crippen molar-refractivity contribution in [3.63, 3.8) is 0 Å². The molecule has 1 aliphatic heterocycles. The quantitative estimate of drug-likeness (QED) is 0.635. The molecule has 0 bridgehead atoms. The van der Waals surface area contributed by atoms with Crippen molar-refractivity contribution in [2.24, 2.45) is 0 Å². The highest BCUT2D eigenvalue weighted by atomic mass is 16.3. The Kier molecular flexibility index (Phi) is 4.23. The number of fused-ring (bicyclic) bond motifs is 3. The lowest BCUT2D eigenvalue weighted by atomic mass is 9.93. The summed E-state index contributed by atoms with van der Waals surface area (Å²) in [7, 11) is 0. The summed E-state index contributed by atoms with van der Waals surface area (Å²) in [5, 5.41) is 12.2. The van der Waals surface area contributed by atoms with Gasteiger partial charge in [-0.1, -0.05) is 25.1 Å². The zero-order valence-electron chi connectivity index (χ0n) is 16.7. The molecule has 2 aromatic heterocycles. The van der Waals surface area contributed by atoms with Gasteiger partial charge in [-0.3, -0.25) is 19.2 Å². The summed E-state index contributed by atoms with van der Waals surface area (Å²) in [5.41, 5.74) is 1.48. The van der Waals surface area contributed by atoms with Crippen molar-refractivity contribution in [2.45, 2.75) is 45.7 Å². The Hall–Kier alpha value is -2.80. The number of rotatable bonds is 2. The van der Waals surface area contributed by atoms with Crippen molar-refractivity contribution in [2.75, 3.05) is 13.1 Å². The van der Waals surface area contributed by atoms with E-state index >= 15 is 0 Å². The Morgan fingerprint density at radius 1 is 1.18 bits per heavy atom. The second kappa shape index (κ2) is 6.38. The van der Waals surface area contributed by atoms with Crippen LogP contribution >= 0.6 is 0 Å². The van der Waals surface area contributed by atoms with Crippen LogP contribution < -0.4 is 11.2 Å². The Labute approximate surface area is 162 Å². The highest BCUT2D eigenvalue weighted by Crippen LogP contribution is 2.39. The van der Waals surface area contributed by atoms with Crippen LogP contribution in [0.1, 0.15) is 50.6 Å². The summed E-state index contributed by atoms with van der Waals surface area (Å²) in [6.45, 7) is 8.98. The molecule has 7 nitrogen and oxygen atoms in total. The fourth-order valence-electron chi connectivity index (χ4n) is 4.37. The molecule has 3 heterocycles. The molecule has 1 aliphatic rings. The van der Waals surface area contributed by atoms with Crippen LogP contribution in [0.5, 0.6) is 5.88 Å². The lowest BCUT2D eigenvalue weighted by Crippen LogP contribution is -2.44. The van der Waals surface area contributed by atoms with Crippen molar-refractivity contribution in [3.8, 4) is 5.88 Å². The number of hydrogen-bond donors (Lipinski definition) is 3. The van der Waals surface area contributed by atoms with Gasteiger partial charge in [-0.05, 0) is 45.4 Å². The first kappa shape index (κ1) is 18.6. The van der Waals surface area contributed by atoms with Gasteiger partial charge < -0.3 is 10.1 Å². The fourth-order valence-corrected chi connectivity index (χ4v) is 4.37. The number of H-pyrrole nitrogens is 2. The molecule has 3 aromatic rings. The van der Waals surface area contributed by atoms with Gasteiger partial charge in [-0.25, -0.2) is 4.79 Å². The molecule has 0 radical (unpaired) electrons. The van der Waals surface area contributed by atoms with Crippen LogP contribution in [0.4, 0.5) is 0 Å². The number of nitrogens with zero attached hydrogens (tertiary/aromatic N) is 2. The minimum absolute atomic E-state index is 0.212. The van der Waals surface area contributed by atoms with Crippen LogP contribution in [0.3, 0.4) is 0 Å². The first-order chi connectivity index (χ1) is 13.2. The Balaban J connectivity index is 2.04. The molecule has 0 aliphatic carbocycles. The summed E-state index contributed by atoms with van der Waals surface area (Å²) in [5.74, 6) is -0.267. The van der Waals surface area contributed by atoms with Crippen LogP contribution in [0.25, 0.3) is 10.9 Å². The zero-order chi connectivity index (χ0) is 20.2. The van der Waals surface area contributed by atoms with E-state index in [9.17, 15) is 14.7 Å². The minimum atomic E-state index is -0.672. The van der Waals surface area contributed by atoms with Gasteiger partial charge in [-0.15, -0.1) is 0 Å². The van der Waals surface area contributed by atoms with Crippen LogP contribution in [0.2, 0.25) is 0 Å². The van der Waals surface area contributed by atoms with Gasteiger partial charge in [0, 0.05) is 28.7 Å².